The maximum absolute atomic E-state index is 13.4. The van der Waals surface area contributed by atoms with E-state index >= 15 is 0 Å². The summed E-state index contributed by atoms with van der Waals surface area (Å²) in [5, 5.41) is 13.2. The molecule has 5 heteroatoms. The van der Waals surface area contributed by atoms with Crippen LogP contribution in [0.1, 0.15) is 34.9 Å². The number of nitrogens with zero attached hydrogens (tertiary/aromatic N) is 1. The standard InChI is InChI=1S/C27H30N2O2.ClH/c30-25-16-17-29(20-25)19-24(21-10-4-1-5-11-21)18-28-27(31)26(22-12-6-2-7-13-22)23-14-8-3-9-15-23;/h1-15,24-26,30H,16-20H2,(H,28,31);1H/t24-,25-;/m0./s1. The normalized spacial score (nSPS) is 17.0. The van der Waals surface area contributed by atoms with Crippen molar-refractivity contribution in [2.45, 2.75) is 24.4 Å². The van der Waals surface area contributed by atoms with Crippen molar-refractivity contribution in [1.82, 2.24) is 10.2 Å². The molecule has 1 fully saturated rings. The van der Waals surface area contributed by atoms with Crippen molar-refractivity contribution in [2.24, 2.45) is 0 Å². The second-order valence-corrected chi connectivity index (χ2v) is 8.31. The lowest BCUT2D eigenvalue weighted by atomic mass is 9.90. The number of benzene rings is 3. The molecule has 1 aliphatic heterocycles. The summed E-state index contributed by atoms with van der Waals surface area (Å²) >= 11 is 0. The van der Waals surface area contributed by atoms with Gasteiger partial charge in [0.25, 0.3) is 0 Å². The molecule has 0 radical (unpaired) electrons. The van der Waals surface area contributed by atoms with Crippen molar-refractivity contribution in [3.63, 3.8) is 0 Å². The van der Waals surface area contributed by atoms with Crippen molar-refractivity contribution in [1.29, 1.82) is 0 Å². The number of carbonyl (C=O) groups is 1. The molecule has 2 N–H and O–H groups in total. The Balaban J connectivity index is 0.00000289. The first kappa shape index (κ1) is 24.0. The van der Waals surface area contributed by atoms with Gasteiger partial charge in [-0.3, -0.25) is 9.69 Å². The van der Waals surface area contributed by atoms with Crippen LogP contribution < -0.4 is 5.32 Å². The van der Waals surface area contributed by atoms with E-state index in [0.717, 1.165) is 30.6 Å². The van der Waals surface area contributed by atoms with Crippen molar-refractivity contribution in [3.05, 3.63) is 108 Å². The zero-order valence-electron chi connectivity index (χ0n) is 18.1. The molecule has 0 saturated carbocycles. The molecule has 1 aliphatic rings. The Morgan fingerprint density at radius 1 is 0.875 bits per heavy atom. The molecule has 0 aliphatic carbocycles. The molecule has 3 aromatic carbocycles. The zero-order chi connectivity index (χ0) is 21.5. The Labute approximate surface area is 196 Å². The molecule has 0 spiro atoms. The second-order valence-electron chi connectivity index (χ2n) is 8.31. The Bertz CT molecular complexity index is 914. The number of aliphatic hydroxyl groups is 1. The SMILES string of the molecule is Cl.O=C(NC[C@@H](CN1CC[C@H](O)C1)c1ccccc1)C(c1ccccc1)c1ccccc1. The van der Waals surface area contributed by atoms with Crippen LogP contribution in [0.3, 0.4) is 0 Å². The second kappa shape index (κ2) is 11.8. The summed E-state index contributed by atoms with van der Waals surface area (Å²) in [5.41, 5.74) is 3.19. The van der Waals surface area contributed by atoms with Gasteiger partial charge in [-0.25, -0.2) is 0 Å². The van der Waals surface area contributed by atoms with Gasteiger partial charge in [0, 0.05) is 32.1 Å². The summed E-state index contributed by atoms with van der Waals surface area (Å²) in [6, 6.07) is 30.2. The number of carbonyl (C=O) groups excluding carboxylic acids is 1. The van der Waals surface area contributed by atoms with E-state index in [1.165, 1.54) is 5.56 Å². The number of hydrogen-bond acceptors (Lipinski definition) is 3. The molecule has 4 nitrogen and oxygen atoms in total. The quantitative estimate of drug-likeness (QED) is 0.540. The number of amides is 1. The van der Waals surface area contributed by atoms with Crippen molar-refractivity contribution in [2.75, 3.05) is 26.2 Å². The minimum absolute atomic E-state index is 0. The van der Waals surface area contributed by atoms with E-state index in [1.807, 2.05) is 78.9 Å². The fraction of sp³-hybridized carbons (Fsp3) is 0.296. The average Bonchev–Trinajstić information content (AvgIpc) is 3.23. The smallest absolute Gasteiger partial charge is 0.232 e. The van der Waals surface area contributed by atoms with Crippen LogP contribution >= 0.6 is 12.4 Å². The fourth-order valence-corrected chi connectivity index (χ4v) is 4.41. The summed E-state index contributed by atoms with van der Waals surface area (Å²) in [4.78, 5) is 15.7. The van der Waals surface area contributed by atoms with E-state index in [1.54, 1.807) is 0 Å². The summed E-state index contributed by atoms with van der Waals surface area (Å²) in [5.74, 6) is -0.158. The molecule has 2 atom stereocenters. The van der Waals surface area contributed by atoms with Crippen molar-refractivity contribution in [3.8, 4) is 0 Å². The highest BCUT2D eigenvalue weighted by Crippen LogP contribution is 2.26. The van der Waals surface area contributed by atoms with Gasteiger partial charge in [0.1, 0.15) is 0 Å². The molecule has 4 rings (SSSR count). The predicted octanol–water partition coefficient (Wildman–Crippen LogP) is 4.21. The van der Waals surface area contributed by atoms with E-state index in [4.69, 9.17) is 0 Å². The highest BCUT2D eigenvalue weighted by atomic mass is 35.5. The van der Waals surface area contributed by atoms with Gasteiger partial charge < -0.3 is 10.4 Å². The molecule has 0 unspecified atom stereocenters. The summed E-state index contributed by atoms with van der Waals surface area (Å²) in [6.07, 6.45) is 0.573. The molecule has 3 aromatic rings. The Hall–Kier alpha value is -2.66. The van der Waals surface area contributed by atoms with Crippen LogP contribution in [0.2, 0.25) is 0 Å². The maximum atomic E-state index is 13.4. The number of aliphatic hydroxyl groups excluding tert-OH is 1. The van der Waals surface area contributed by atoms with Crippen LogP contribution in [0.25, 0.3) is 0 Å². The molecule has 1 saturated heterocycles. The molecule has 32 heavy (non-hydrogen) atoms. The first-order valence-corrected chi connectivity index (χ1v) is 11.0. The fourth-order valence-electron chi connectivity index (χ4n) is 4.41. The first-order valence-electron chi connectivity index (χ1n) is 11.0. The van der Waals surface area contributed by atoms with Gasteiger partial charge in [-0.2, -0.15) is 0 Å². The Kier molecular flexibility index (Phi) is 8.86. The largest absolute Gasteiger partial charge is 0.392 e. The Morgan fingerprint density at radius 2 is 1.38 bits per heavy atom. The minimum atomic E-state index is -0.340. The van der Waals surface area contributed by atoms with Crippen LogP contribution in [0.5, 0.6) is 0 Å². The Morgan fingerprint density at radius 3 is 1.84 bits per heavy atom. The highest BCUT2D eigenvalue weighted by molar-refractivity contribution is 5.87. The maximum Gasteiger partial charge on any atom is 0.232 e. The lowest BCUT2D eigenvalue weighted by molar-refractivity contribution is -0.121. The molecule has 1 heterocycles. The molecule has 0 bridgehead atoms. The van der Waals surface area contributed by atoms with Gasteiger partial charge in [0.2, 0.25) is 5.91 Å². The third-order valence-corrected chi connectivity index (χ3v) is 6.05. The van der Waals surface area contributed by atoms with Gasteiger partial charge in [-0.1, -0.05) is 91.0 Å². The van der Waals surface area contributed by atoms with Crippen LogP contribution in [0.4, 0.5) is 0 Å². The lowest BCUT2D eigenvalue weighted by Gasteiger charge is -2.25. The molecule has 0 aromatic heterocycles. The number of hydrogen-bond donors (Lipinski definition) is 2. The monoisotopic (exact) mass is 450 g/mol. The van der Waals surface area contributed by atoms with Crippen LogP contribution in [0.15, 0.2) is 91.0 Å². The average molecular weight is 451 g/mol. The summed E-state index contributed by atoms with van der Waals surface area (Å²) < 4.78 is 0. The summed E-state index contributed by atoms with van der Waals surface area (Å²) in [6.45, 7) is 2.98. The number of halogens is 1. The van der Waals surface area contributed by atoms with Crippen LogP contribution in [-0.4, -0.2) is 48.2 Å². The van der Waals surface area contributed by atoms with E-state index in [0.29, 0.717) is 13.1 Å². The van der Waals surface area contributed by atoms with E-state index in [9.17, 15) is 9.90 Å². The number of nitrogens with one attached hydrogen (secondary N) is 1. The third kappa shape index (κ3) is 6.19. The van der Waals surface area contributed by atoms with Gasteiger partial charge in [-0.05, 0) is 23.1 Å². The van der Waals surface area contributed by atoms with Crippen LogP contribution in [0, 0.1) is 0 Å². The van der Waals surface area contributed by atoms with Crippen molar-refractivity contribution < 1.29 is 9.90 Å². The first-order chi connectivity index (χ1) is 15.2. The third-order valence-electron chi connectivity index (χ3n) is 6.05. The van der Waals surface area contributed by atoms with Gasteiger partial charge >= 0.3 is 0 Å². The minimum Gasteiger partial charge on any atom is -0.392 e. The van der Waals surface area contributed by atoms with E-state index < -0.39 is 0 Å². The molecule has 1 amide bonds. The number of likely N-dealkylation sites (tertiary alicyclic amines) is 1. The van der Waals surface area contributed by atoms with E-state index in [-0.39, 0.29) is 36.3 Å². The lowest BCUT2D eigenvalue weighted by Crippen LogP contribution is -2.37. The van der Waals surface area contributed by atoms with Gasteiger partial charge in [0.15, 0.2) is 0 Å². The summed E-state index contributed by atoms with van der Waals surface area (Å²) in [7, 11) is 0. The molecular weight excluding hydrogens is 420 g/mol. The van der Waals surface area contributed by atoms with Crippen LogP contribution in [-0.2, 0) is 4.79 Å². The molecule has 168 valence electrons. The highest BCUT2D eigenvalue weighted by Gasteiger charge is 2.26. The topological polar surface area (TPSA) is 52.6 Å². The number of β-amino-alcohol motifs (C(OH)–C–C–N with tert-alkyl or cyclic N) is 1. The number of rotatable bonds is 8. The van der Waals surface area contributed by atoms with Gasteiger partial charge in [0.05, 0.1) is 12.0 Å². The zero-order valence-corrected chi connectivity index (χ0v) is 19.0. The van der Waals surface area contributed by atoms with E-state index in [2.05, 4.69) is 22.3 Å². The predicted molar refractivity (Wildman–Crippen MR) is 131 cm³/mol. The van der Waals surface area contributed by atoms with Gasteiger partial charge in [-0.15, -0.1) is 12.4 Å². The van der Waals surface area contributed by atoms with Crippen molar-refractivity contribution >= 4 is 18.3 Å². The molecular formula is C27H31ClN2O2.